The van der Waals surface area contributed by atoms with Crippen LogP contribution in [0.2, 0.25) is 0 Å². The van der Waals surface area contributed by atoms with Gasteiger partial charge in [0, 0.05) is 21.1 Å². The van der Waals surface area contributed by atoms with Crippen molar-refractivity contribution in [3.8, 4) is 0 Å². The molecule has 1 aromatic carbocycles. The highest BCUT2D eigenvalue weighted by Gasteiger charge is 2.73. The number of anilines is 1. The molecule has 26 heavy (non-hydrogen) atoms. The van der Waals surface area contributed by atoms with Gasteiger partial charge in [0.25, 0.3) is 5.91 Å². The van der Waals surface area contributed by atoms with E-state index in [1.54, 1.807) is 0 Å². The molecule has 12 heteroatoms. The van der Waals surface area contributed by atoms with Gasteiger partial charge in [-0.1, -0.05) is 15.9 Å². The molecule has 0 aliphatic heterocycles. The van der Waals surface area contributed by atoms with Crippen molar-refractivity contribution in [3.63, 3.8) is 0 Å². The fourth-order valence-corrected chi connectivity index (χ4v) is 2.88. The molecule has 2 rings (SSSR count). The summed E-state index contributed by atoms with van der Waals surface area (Å²) >= 11 is 3.65. The van der Waals surface area contributed by atoms with Crippen molar-refractivity contribution in [3.05, 3.63) is 45.4 Å². The largest absolute Gasteiger partial charge is 0.439 e. The normalized spacial score (nSPS) is 12.8. The maximum Gasteiger partial charge on any atom is 0.439 e. The third-order valence-electron chi connectivity index (χ3n) is 3.17. The number of hydrogen-bond donors (Lipinski definition) is 2. The van der Waals surface area contributed by atoms with Crippen molar-refractivity contribution in [1.29, 1.82) is 0 Å². The lowest BCUT2D eigenvalue weighted by molar-refractivity contribution is -0.294. The zero-order chi connectivity index (χ0) is 19.8. The first-order valence-electron chi connectivity index (χ1n) is 6.78. The monoisotopic (exact) mass is 461 g/mol. The molecule has 2 aromatic rings. The molecule has 142 valence electrons. The summed E-state index contributed by atoms with van der Waals surface area (Å²) in [6.07, 6.45) is -10.7. The third-order valence-corrected chi connectivity index (χ3v) is 4.53. The van der Waals surface area contributed by atoms with Crippen LogP contribution in [0.15, 0.2) is 34.9 Å². The Kier molecular flexibility index (Phi) is 5.57. The van der Waals surface area contributed by atoms with Crippen molar-refractivity contribution in [2.24, 2.45) is 0 Å². The number of nitrogens with zero attached hydrogens (tertiary/aromatic N) is 1. The summed E-state index contributed by atoms with van der Waals surface area (Å²) in [6, 6.07) is 4.81. The van der Waals surface area contributed by atoms with E-state index in [4.69, 9.17) is 0 Å². The van der Waals surface area contributed by atoms with Crippen LogP contribution in [0.3, 0.4) is 0 Å². The van der Waals surface area contributed by atoms with Crippen molar-refractivity contribution in [2.75, 3.05) is 5.32 Å². The molecule has 2 N–H and O–H groups in total. The van der Waals surface area contributed by atoms with E-state index >= 15 is 0 Å². The second kappa shape index (κ2) is 7.06. The van der Waals surface area contributed by atoms with Crippen molar-refractivity contribution >= 4 is 38.3 Å². The van der Waals surface area contributed by atoms with Gasteiger partial charge in [-0.25, -0.2) is 4.98 Å². The Labute approximate surface area is 155 Å². The minimum Gasteiger partial charge on any atom is -0.324 e. The van der Waals surface area contributed by atoms with E-state index in [0.717, 1.165) is 23.6 Å². The van der Waals surface area contributed by atoms with Crippen LogP contribution in [-0.4, -0.2) is 28.9 Å². The molecule has 0 aliphatic carbocycles. The van der Waals surface area contributed by atoms with Crippen molar-refractivity contribution < 1.29 is 31.1 Å². The van der Waals surface area contributed by atoms with Crippen LogP contribution in [-0.2, 0) is 0 Å². The van der Waals surface area contributed by atoms with E-state index in [-0.39, 0.29) is 5.56 Å². The number of alkyl halides is 6. The number of amides is 1. The standard InChI is InChI=1S/C14H10BrF6N3OS/c1-7-6-22-11(26-7)24-12(13(16,17)18,14(19,20)21)23-10(25)8-2-4-9(15)5-3-8/h2-6H,1H3,(H,22,24)(H,23,25). The highest BCUT2D eigenvalue weighted by atomic mass is 79.9. The summed E-state index contributed by atoms with van der Waals surface area (Å²) in [7, 11) is 0. The average Bonchev–Trinajstić information content (AvgIpc) is 2.90. The summed E-state index contributed by atoms with van der Waals surface area (Å²) < 4.78 is 81.4. The van der Waals surface area contributed by atoms with Gasteiger partial charge in [0.1, 0.15) is 0 Å². The van der Waals surface area contributed by atoms with Crippen LogP contribution < -0.4 is 10.6 Å². The smallest absolute Gasteiger partial charge is 0.324 e. The van der Waals surface area contributed by atoms with Crippen LogP contribution in [0.25, 0.3) is 0 Å². The predicted octanol–water partition coefficient (Wildman–Crippen LogP) is 4.88. The SMILES string of the molecule is Cc1cnc(NC(NC(=O)c2ccc(Br)cc2)(C(F)(F)F)C(F)(F)F)s1. The summed E-state index contributed by atoms with van der Waals surface area (Å²) in [5.41, 5.74) is -5.07. The average molecular weight is 462 g/mol. The molecular formula is C14H10BrF6N3OS. The Morgan fingerprint density at radius 1 is 1.08 bits per heavy atom. The number of rotatable bonds is 4. The molecule has 1 aromatic heterocycles. The molecule has 4 nitrogen and oxygen atoms in total. The molecule has 1 heterocycles. The van der Waals surface area contributed by atoms with Gasteiger partial charge < -0.3 is 10.6 Å². The van der Waals surface area contributed by atoms with Gasteiger partial charge in [-0.2, -0.15) is 26.3 Å². The molecule has 0 spiro atoms. The molecule has 0 unspecified atom stereocenters. The molecule has 1 amide bonds. The maximum atomic E-state index is 13.5. The summed E-state index contributed by atoms with van der Waals surface area (Å²) in [6.45, 7) is 1.46. The lowest BCUT2D eigenvalue weighted by Gasteiger charge is -2.38. The van der Waals surface area contributed by atoms with Gasteiger partial charge in [-0.3, -0.25) is 4.79 Å². The second-order valence-electron chi connectivity index (χ2n) is 5.11. The minimum absolute atomic E-state index is 0.372. The lowest BCUT2D eigenvalue weighted by atomic mass is 10.1. The highest BCUT2D eigenvalue weighted by molar-refractivity contribution is 9.10. The molecule has 0 atom stereocenters. The maximum absolute atomic E-state index is 13.5. The topological polar surface area (TPSA) is 54.0 Å². The first kappa shape index (κ1) is 20.5. The fourth-order valence-electron chi connectivity index (χ4n) is 1.89. The minimum atomic E-state index is -5.89. The fraction of sp³-hybridized carbons (Fsp3) is 0.286. The van der Waals surface area contributed by atoms with Crippen LogP contribution in [0, 0.1) is 6.92 Å². The molecular weight excluding hydrogens is 452 g/mol. The Hall–Kier alpha value is -1.82. The number of carbonyl (C=O) groups excluding carboxylic acids is 1. The van der Waals surface area contributed by atoms with Gasteiger partial charge in [0.05, 0.1) is 0 Å². The Bertz CT molecular complexity index is 773. The number of nitrogens with one attached hydrogen (secondary N) is 2. The number of thiazole rings is 1. The van der Waals surface area contributed by atoms with E-state index in [1.165, 1.54) is 24.4 Å². The Morgan fingerprint density at radius 2 is 1.62 bits per heavy atom. The summed E-state index contributed by atoms with van der Waals surface area (Å²) in [4.78, 5) is 15.9. The number of hydrogen-bond acceptors (Lipinski definition) is 4. The molecule has 0 aliphatic rings. The van der Waals surface area contributed by atoms with E-state index in [9.17, 15) is 31.1 Å². The van der Waals surface area contributed by atoms with Gasteiger partial charge in [0.15, 0.2) is 5.13 Å². The molecule has 0 radical (unpaired) electrons. The predicted molar refractivity (Wildman–Crippen MR) is 86.9 cm³/mol. The van der Waals surface area contributed by atoms with Crippen molar-refractivity contribution in [1.82, 2.24) is 10.3 Å². The van der Waals surface area contributed by atoms with Crippen LogP contribution in [0.5, 0.6) is 0 Å². The molecule has 0 saturated carbocycles. The van der Waals surface area contributed by atoms with E-state index in [0.29, 0.717) is 20.7 Å². The Morgan fingerprint density at radius 3 is 2.04 bits per heavy atom. The van der Waals surface area contributed by atoms with Gasteiger partial charge in [-0.05, 0) is 31.2 Å². The number of aryl methyl sites for hydroxylation is 1. The van der Waals surface area contributed by atoms with Crippen molar-refractivity contribution in [2.45, 2.75) is 24.9 Å². The Balaban J connectivity index is 2.47. The summed E-state index contributed by atoms with van der Waals surface area (Å²) in [5, 5.41) is 1.75. The molecule has 0 saturated heterocycles. The number of aromatic nitrogens is 1. The highest BCUT2D eigenvalue weighted by Crippen LogP contribution is 2.44. The number of halogens is 7. The molecule has 0 bridgehead atoms. The quantitative estimate of drug-likeness (QED) is 0.504. The van der Waals surface area contributed by atoms with Gasteiger partial charge in [0.2, 0.25) is 0 Å². The first-order valence-corrected chi connectivity index (χ1v) is 8.39. The third kappa shape index (κ3) is 4.11. The van der Waals surface area contributed by atoms with E-state index in [1.807, 2.05) is 0 Å². The zero-order valence-electron chi connectivity index (χ0n) is 12.8. The van der Waals surface area contributed by atoms with Crippen LogP contribution in [0.1, 0.15) is 15.2 Å². The summed E-state index contributed by atoms with van der Waals surface area (Å²) in [5.74, 6) is -1.55. The lowest BCUT2D eigenvalue weighted by Crippen LogP contribution is -2.72. The first-order chi connectivity index (χ1) is 11.9. The van der Waals surface area contributed by atoms with Crippen LogP contribution in [0.4, 0.5) is 31.5 Å². The van der Waals surface area contributed by atoms with E-state index in [2.05, 4.69) is 20.9 Å². The zero-order valence-corrected chi connectivity index (χ0v) is 15.2. The second-order valence-corrected chi connectivity index (χ2v) is 7.26. The van der Waals surface area contributed by atoms with Gasteiger partial charge >= 0.3 is 18.0 Å². The molecule has 0 fully saturated rings. The van der Waals surface area contributed by atoms with Crippen LogP contribution >= 0.6 is 27.3 Å². The number of carbonyl (C=O) groups is 1. The van der Waals surface area contributed by atoms with Gasteiger partial charge in [-0.15, -0.1) is 11.3 Å². The van der Waals surface area contributed by atoms with E-state index < -0.39 is 29.1 Å². The number of benzene rings is 1.